The summed E-state index contributed by atoms with van der Waals surface area (Å²) in [6, 6.07) is 9.76. The van der Waals surface area contributed by atoms with Gasteiger partial charge in [-0.25, -0.2) is 0 Å². The van der Waals surface area contributed by atoms with Crippen molar-refractivity contribution in [2.75, 3.05) is 31.6 Å². The van der Waals surface area contributed by atoms with Gasteiger partial charge in [-0.2, -0.15) is 0 Å². The fourth-order valence-electron chi connectivity index (χ4n) is 3.97. The Hall–Kier alpha value is -2.86. The van der Waals surface area contributed by atoms with Crippen LogP contribution in [0.4, 0.5) is 5.69 Å². The summed E-state index contributed by atoms with van der Waals surface area (Å²) in [7, 11) is 0. The number of fused-ring (bicyclic) bond motifs is 5. The summed E-state index contributed by atoms with van der Waals surface area (Å²) in [4.78, 5) is 26.1. The van der Waals surface area contributed by atoms with E-state index in [1.165, 1.54) is 0 Å². The Bertz CT molecular complexity index is 1080. The molecule has 2 aromatic carbocycles. The van der Waals surface area contributed by atoms with Crippen LogP contribution in [-0.2, 0) is 11.3 Å². The first-order valence-corrected chi connectivity index (χ1v) is 9.78. The molecule has 1 N–H and O–H groups in total. The lowest BCUT2D eigenvalue weighted by atomic mass is 10.1. The average molecular weight is 379 g/mol. The number of nitrogens with zero attached hydrogens (tertiary/aromatic N) is 2. The second-order valence-corrected chi connectivity index (χ2v) is 7.14. The number of benzene rings is 2. The predicted octanol–water partition coefficient (Wildman–Crippen LogP) is 3.67. The number of hydrogen-bond acceptors (Lipinski definition) is 4. The largest absolute Gasteiger partial charge is 0.481 e. The molecule has 1 aliphatic rings. The maximum Gasteiger partial charge on any atom is 0.262 e. The van der Waals surface area contributed by atoms with Gasteiger partial charge in [0.25, 0.3) is 5.91 Å². The number of likely N-dealkylation sites (N-methyl/N-ethyl adjacent to an activating group) is 1. The molecule has 146 valence electrons. The van der Waals surface area contributed by atoms with Crippen molar-refractivity contribution in [1.29, 1.82) is 0 Å². The zero-order valence-electron chi connectivity index (χ0n) is 16.5. The molecule has 0 saturated heterocycles. The van der Waals surface area contributed by atoms with E-state index in [1.807, 2.05) is 30.3 Å². The summed E-state index contributed by atoms with van der Waals surface area (Å²) >= 11 is 0. The Kier molecular flexibility index (Phi) is 4.81. The standard InChI is InChI=1S/C22H25N3O3/c1-4-24(5-2)10-11-25-18-8-6-15(14(3)26)12-16(18)21-19(25)9-7-17-22(21)28-13-20(27)23-17/h6-9,12H,4-5,10-11,13H2,1-3H3,(H,23,27). The van der Waals surface area contributed by atoms with Gasteiger partial charge in [-0.3, -0.25) is 9.59 Å². The van der Waals surface area contributed by atoms with Crippen molar-refractivity contribution in [3.05, 3.63) is 35.9 Å². The molecule has 0 unspecified atom stereocenters. The third-order valence-electron chi connectivity index (χ3n) is 5.55. The van der Waals surface area contributed by atoms with Crippen LogP contribution in [0.3, 0.4) is 0 Å². The van der Waals surface area contributed by atoms with Crippen LogP contribution in [0.1, 0.15) is 31.1 Å². The number of carbonyl (C=O) groups is 2. The maximum atomic E-state index is 12.0. The number of hydrogen-bond donors (Lipinski definition) is 1. The van der Waals surface area contributed by atoms with Crippen molar-refractivity contribution in [1.82, 2.24) is 9.47 Å². The summed E-state index contributed by atoms with van der Waals surface area (Å²) in [6.45, 7) is 9.71. The number of anilines is 1. The Labute approximate surface area is 164 Å². The van der Waals surface area contributed by atoms with Crippen molar-refractivity contribution in [2.45, 2.75) is 27.3 Å². The third kappa shape index (κ3) is 3.03. The molecule has 6 heteroatoms. The minimum absolute atomic E-state index is 0.00460. The number of nitrogens with one attached hydrogen (secondary N) is 1. The Morgan fingerprint density at radius 1 is 1.18 bits per heavy atom. The molecular weight excluding hydrogens is 354 g/mol. The molecule has 3 aromatic rings. The van der Waals surface area contributed by atoms with Gasteiger partial charge in [-0.05, 0) is 50.3 Å². The van der Waals surface area contributed by atoms with Crippen LogP contribution >= 0.6 is 0 Å². The van der Waals surface area contributed by atoms with Gasteiger partial charge in [0, 0.05) is 29.6 Å². The molecule has 1 aliphatic heterocycles. The number of aromatic nitrogens is 1. The van der Waals surface area contributed by atoms with Gasteiger partial charge < -0.3 is 19.5 Å². The van der Waals surface area contributed by atoms with Gasteiger partial charge in [0.15, 0.2) is 18.1 Å². The number of carbonyl (C=O) groups excluding carboxylic acids is 2. The van der Waals surface area contributed by atoms with E-state index in [0.717, 1.165) is 48.0 Å². The molecule has 0 saturated carbocycles. The van der Waals surface area contributed by atoms with Gasteiger partial charge in [-0.15, -0.1) is 0 Å². The van der Waals surface area contributed by atoms with Gasteiger partial charge in [0.2, 0.25) is 0 Å². The molecule has 0 bridgehead atoms. The highest BCUT2D eigenvalue weighted by molar-refractivity contribution is 6.16. The molecule has 1 aromatic heterocycles. The Morgan fingerprint density at radius 3 is 2.64 bits per heavy atom. The first kappa shape index (κ1) is 18.5. The molecule has 0 fully saturated rings. The van der Waals surface area contributed by atoms with E-state index in [9.17, 15) is 9.59 Å². The van der Waals surface area contributed by atoms with Gasteiger partial charge in [0.05, 0.1) is 16.6 Å². The molecule has 2 heterocycles. The van der Waals surface area contributed by atoms with E-state index in [1.54, 1.807) is 6.92 Å². The topological polar surface area (TPSA) is 63.6 Å². The molecule has 4 rings (SSSR count). The quantitative estimate of drug-likeness (QED) is 0.664. The van der Waals surface area contributed by atoms with Crippen molar-refractivity contribution in [2.24, 2.45) is 0 Å². The molecule has 6 nitrogen and oxygen atoms in total. The molecule has 1 amide bonds. The highest BCUT2D eigenvalue weighted by Gasteiger charge is 2.23. The lowest BCUT2D eigenvalue weighted by molar-refractivity contribution is -0.118. The van der Waals surface area contributed by atoms with Gasteiger partial charge in [-0.1, -0.05) is 13.8 Å². The van der Waals surface area contributed by atoms with E-state index in [4.69, 9.17) is 4.74 Å². The molecule has 0 radical (unpaired) electrons. The van der Waals surface area contributed by atoms with Crippen molar-refractivity contribution < 1.29 is 14.3 Å². The first-order valence-electron chi connectivity index (χ1n) is 9.78. The summed E-state index contributed by atoms with van der Waals surface area (Å²) in [5.41, 5.74) is 3.48. The SMILES string of the molecule is CCN(CC)CCn1c2ccc(C(C)=O)cc2c2c3c(ccc21)NC(=O)CO3. The summed E-state index contributed by atoms with van der Waals surface area (Å²) in [5.74, 6) is 0.566. The van der Waals surface area contributed by atoms with Crippen LogP contribution in [0.2, 0.25) is 0 Å². The van der Waals surface area contributed by atoms with E-state index in [2.05, 4.69) is 28.6 Å². The van der Waals surface area contributed by atoms with Crippen LogP contribution in [0, 0.1) is 0 Å². The average Bonchev–Trinajstić information content (AvgIpc) is 3.01. The second kappa shape index (κ2) is 7.28. The smallest absolute Gasteiger partial charge is 0.262 e. The maximum absolute atomic E-state index is 12.0. The van der Waals surface area contributed by atoms with Crippen LogP contribution in [-0.4, -0.2) is 47.4 Å². The second-order valence-electron chi connectivity index (χ2n) is 7.14. The molecule has 0 atom stereocenters. The summed E-state index contributed by atoms with van der Waals surface area (Å²) in [5, 5.41) is 4.82. The minimum atomic E-state index is -0.151. The van der Waals surface area contributed by atoms with Gasteiger partial charge >= 0.3 is 0 Å². The number of rotatable bonds is 6. The fourth-order valence-corrected chi connectivity index (χ4v) is 3.97. The van der Waals surface area contributed by atoms with Crippen LogP contribution in [0.15, 0.2) is 30.3 Å². The number of amides is 1. The third-order valence-corrected chi connectivity index (χ3v) is 5.55. The van der Waals surface area contributed by atoms with Crippen LogP contribution in [0.25, 0.3) is 21.8 Å². The summed E-state index contributed by atoms with van der Waals surface area (Å²) < 4.78 is 8.10. The van der Waals surface area contributed by atoms with Crippen LogP contribution < -0.4 is 10.1 Å². The lowest BCUT2D eigenvalue weighted by Crippen LogP contribution is -2.27. The zero-order chi connectivity index (χ0) is 19.8. The lowest BCUT2D eigenvalue weighted by Gasteiger charge is -2.20. The van der Waals surface area contributed by atoms with Crippen molar-refractivity contribution in [3.8, 4) is 5.75 Å². The monoisotopic (exact) mass is 379 g/mol. The fraction of sp³-hybridized carbons (Fsp3) is 0.364. The Morgan fingerprint density at radius 2 is 1.93 bits per heavy atom. The number of Topliss-reactive ketones (excluding diaryl/α,β-unsaturated/α-hetero) is 1. The van der Waals surface area contributed by atoms with Gasteiger partial charge in [0.1, 0.15) is 0 Å². The highest BCUT2D eigenvalue weighted by atomic mass is 16.5. The molecule has 28 heavy (non-hydrogen) atoms. The number of ether oxygens (including phenoxy) is 1. The van der Waals surface area contributed by atoms with E-state index in [0.29, 0.717) is 17.0 Å². The predicted molar refractivity (Wildman–Crippen MR) is 111 cm³/mol. The Balaban J connectivity index is 1.94. The van der Waals surface area contributed by atoms with E-state index in [-0.39, 0.29) is 18.3 Å². The van der Waals surface area contributed by atoms with Crippen molar-refractivity contribution >= 4 is 39.2 Å². The normalized spacial score (nSPS) is 13.6. The number of ketones is 1. The molecular formula is C22H25N3O3. The van der Waals surface area contributed by atoms with E-state index >= 15 is 0 Å². The van der Waals surface area contributed by atoms with E-state index < -0.39 is 0 Å². The zero-order valence-corrected chi connectivity index (χ0v) is 16.5. The summed E-state index contributed by atoms with van der Waals surface area (Å²) in [6.07, 6.45) is 0. The minimum Gasteiger partial charge on any atom is -0.481 e. The molecule has 0 aliphatic carbocycles. The van der Waals surface area contributed by atoms with Crippen LogP contribution in [0.5, 0.6) is 5.75 Å². The first-order chi connectivity index (χ1) is 13.5. The van der Waals surface area contributed by atoms with Crippen molar-refractivity contribution in [3.63, 3.8) is 0 Å². The highest BCUT2D eigenvalue weighted by Crippen LogP contribution is 2.42. The molecule has 0 spiro atoms.